The molecule has 2 rings (SSSR count). The van der Waals surface area contributed by atoms with Crippen LogP contribution in [0.2, 0.25) is 0 Å². The average molecular weight is 286 g/mol. The molecule has 0 saturated carbocycles. The van der Waals surface area contributed by atoms with Gasteiger partial charge in [-0.15, -0.1) is 0 Å². The molecule has 0 aromatic heterocycles. The predicted octanol–water partition coefficient (Wildman–Crippen LogP) is 2.34. The molecule has 0 aliphatic carbocycles. The summed E-state index contributed by atoms with van der Waals surface area (Å²) >= 11 is 0. The molecule has 4 heteroatoms. The van der Waals surface area contributed by atoms with Crippen molar-refractivity contribution in [1.29, 1.82) is 0 Å². The van der Waals surface area contributed by atoms with Gasteiger partial charge in [0.1, 0.15) is 12.4 Å². The number of methoxy groups -OCH3 is 1. The van der Waals surface area contributed by atoms with Crippen LogP contribution in [-0.2, 0) is 22.6 Å². The number of esters is 1. The second kappa shape index (κ2) is 7.45. The van der Waals surface area contributed by atoms with Crippen molar-refractivity contribution in [2.24, 2.45) is 0 Å². The summed E-state index contributed by atoms with van der Waals surface area (Å²) in [5, 5.41) is 9.59. The van der Waals surface area contributed by atoms with Gasteiger partial charge in [-0.05, 0) is 23.3 Å². The van der Waals surface area contributed by atoms with Crippen molar-refractivity contribution < 1.29 is 19.4 Å². The Kier molecular flexibility index (Phi) is 5.35. The van der Waals surface area contributed by atoms with Crippen LogP contribution in [-0.4, -0.2) is 24.3 Å². The molecule has 0 bridgehead atoms. The van der Waals surface area contributed by atoms with Gasteiger partial charge in [-0.25, -0.2) is 4.79 Å². The zero-order valence-electron chi connectivity index (χ0n) is 11.9. The van der Waals surface area contributed by atoms with Gasteiger partial charge in [0.15, 0.2) is 6.10 Å². The van der Waals surface area contributed by atoms with E-state index < -0.39 is 12.1 Å². The number of rotatable bonds is 6. The molecule has 0 aliphatic rings. The number of aliphatic hydroxyl groups is 1. The molecule has 110 valence electrons. The van der Waals surface area contributed by atoms with Gasteiger partial charge in [0.25, 0.3) is 0 Å². The summed E-state index contributed by atoms with van der Waals surface area (Å²) in [4.78, 5) is 11.1. The van der Waals surface area contributed by atoms with Gasteiger partial charge in [-0.2, -0.15) is 0 Å². The van der Waals surface area contributed by atoms with E-state index in [1.54, 1.807) is 0 Å². The average Bonchev–Trinajstić information content (AvgIpc) is 2.54. The minimum atomic E-state index is -1.13. The van der Waals surface area contributed by atoms with Crippen LogP contribution < -0.4 is 4.74 Å². The summed E-state index contributed by atoms with van der Waals surface area (Å²) in [5.41, 5.74) is 1.95. The molecule has 0 aliphatic heterocycles. The summed E-state index contributed by atoms with van der Waals surface area (Å²) in [6.07, 6.45) is -0.905. The van der Waals surface area contributed by atoms with Crippen LogP contribution in [0, 0.1) is 0 Å². The van der Waals surface area contributed by atoms with E-state index in [2.05, 4.69) is 4.74 Å². The minimum absolute atomic E-state index is 0.228. The SMILES string of the molecule is COC(=O)[C@@H](O)Cc1ccc(OCc2ccccc2)cc1. The Morgan fingerprint density at radius 1 is 1.05 bits per heavy atom. The Balaban J connectivity index is 1.88. The van der Waals surface area contributed by atoms with Crippen molar-refractivity contribution in [3.8, 4) is 5.75 Å². The van der Waals surface area contributed by atoms with E-state index in [0.29, 0.717) is 6.61 Å². The van der Waals surface area contributed by atoms with E-state index in [0.717, 1.165) is 16.9 Å². The lowest BCUT2D eigenvalue weighted by Gasteiger charge is -2.10. The minimum Gasteiger partial charge on any atom is -0.489 e. The van der Waals surface area contributed by atoms with Gasteiger partial charge < -0.3 is 14.6 Å². The van der Waals surface area contributed by atoms with Gasteiger partial charge in [-0.1, -0.05) is 42.5 Å². The second-order valence-corrected chi connectivity index (χ2v) is 4.66. The maximum absolute atomic E-state index is 11.1. The lowest BCUT2D eigenvalue weighted by Crippen LogP contribution is -2.24. The fourth-order valence-electron chi connectivity index (χ4n) is 1.91. The van der Waals surface area contributed by atoms with Gasteiger partial charge in [0, 0.05) is 6.42 Å². The highest BCUT2D eigenvalue weighted by Crippen LogP contribution is 2.15. The molecule has 1 atom stereocenters. The summed E-state index contributed by atoms with van der Waals surface area (Å²) in [5.74, 6) is 0.120. The topological polar surface area (TPSA) is 55.8 Å². The van der Waals surface area contributed by atoms with Crippen LogP contribution in [0.5, 0.6) is 5.75 Å². The lowest BCUT2D eigenvalue weighted by atomic mass is 10.1. The van der Waals surface area contributed by atoms with E-state index in [9.17, 15) is 9.90 Å². The molecule has 2 aromatic carbocycles. The van der Waals surface area contributed by atoms with Crippen molar-refractivity contribution in [1.82, 2.24) is 0 Å². The molecule has 2 aromatic rings. The first-order chi connectivity index (χ1) is 10.2. The maximum Gasteiger partial charge on any atom is 0.335 e. The fraction of sp³-hybridized carbons (Fsp3) is 0.235. The van der Waals surface area contributed by atoms with Crippen LogP contribution in [0.4, 0.5) is 0 Å². The Morgan fingerprint density at radius 2 is 1.71 bits per heavy atom. The third kappa shape index (κ3) is 4.61. The largest absolute Gasteiger partial charge is 0.489 e. The monoisotopic (exact) mass is 286 g/mol. The molecular weight excluding hydrogens is 268 g/mol. The lowest BCUT2D eigenvalue weighted by molar-refractivity contribution is -0.150. The molecule has 0 saturated heterocycles. The first-order valence-electron chi connectivity index (χ1n) is 6.70. The standard InChI is InChI=1S/C17H18O4/c1-20-17(19)16(18)11-13-7-9-15(10-8-13)21-12-14-5-3-2-4-6-14/h2-10,16,18H,11-12H2,1H3/t16-/m0/s1. The van der Waals surface area contributed by atoms with Gasteiger partial charge in [-0.3, -0.25) is 0 Å². The number of benzene rings is 2. The van der Waals surface area contributed by atoms with Crippen LogP contribution in [0.25, 0.3) is 0 Å². The van der Waals surface area contributed by atoms with Gasteiger partial charge >= 0.3 is 5.97 Å². The van der Waals surface area contributed by atoms with Crippen LogP contribution >= 0.6 is 0 Å². The van der Waals surface area contributed by atoms with Crippen molar-refractivity contribution in [3.05, 3.63) is 65.7 Å². The van der Waals surface area contributed by atoms with Crippen molar-refractivity contribution in [2.75, 3.05) is 7.11 Å². The number of carbonyl (C=O) groups is 1. The van der Waals surface area contributed by atoms with Crippen LogP contribution in [0.15, 0.2) is 54.6 Å². The maximum atomic E-state index is 11.1. The molecule has 0 spiro atoms. The zero-order chi connectivity index (χ0) is 15.1. The highest BCUT2D eigenvalue weighted by Gasteiger charge is 2.15. The predicted molar refractivity (Wildman–Crippen MR) is 78.9 cm³/mol. The van der Waals surface area contributed by atoms with E-state index in [-0.39, 0.29) is 6.42 Å². The van der Waals surface area contributed by atoms with E-state index >= 15 is 0 Å². The normalized spacial score (nSPS) is 11.7. The molecule has 0 amide bonds. The van der Waals surface area contributed by atoms with Crippen molar-refractivity contribution >= 4 is 5.97 Å². The van der Waals surface area contributed by atoms with E-state index in [1.165, 1.54) is 7.11 Å². The number of aliphatic hydroxyl groups excluding tert-OH is 1. The Hall–Kier alpha value is -2.33. The molecule has 0 fully saturated rings. The molecule has 0 heterocycles. The quantitative estimate of drug-likeness (QED) is 0.828. The van der Waals surface area contributed by atoms with E-state index in [1.807, 2.05) is 54.6 Å². The van der Waals surface area contributed by atoms with Crippen LogP contribution in [0.3, 0.4) is 0 Å². The highest BCUT2D eigenvalue weighted by molar-refractivity contribution is 5.74. The molecule has 1 N–H and O–H groups in total. The Bertz CT molecular complexity index is 563. The third-order valence-corrected chi connectivity index (χ3v) is 3.07. The van der Waals surface area contributed by atoms with Gasteiger partial charge in [0.05, 0.1) is 7.11 Å². The molecule has 0 radical (unpaired) electrons. The number of hydrogen-bond acceptors (Lipinski definition) is 4. The fourth-order valence-corrected chi connectivity index (χ4v) is 1.91. The van der Waals surface area contributed by atoms with Crippen molar-refractivity contribution in [3.63, 3.8) is 0 Å². The molecule has 0 unspecified atom stereocenters. The summed E-state index contributed by atoms with van der Waals surface area (Å²) in [6.45, 7) is 0.505. The summed E-state index contributed by atoms with van der Waals surface area (Å²) in [7, 11) is 1.26. The number of carbonyl (C=O) groups excluding carboxylic acids is 1. The van der Waals surface area contributed by atoms with Crippen LogP contribution in [0.1, 0.15) is 11.1 Å². The summed E-state index contributed by atoms with van der Waals surface area (Å²) < 4.78 is 10.1. The Morgan fingerprint density at radius 3 is 2.33 bits per heavy atom. The smallest absolute Gasteiger partial charge is 0.335 e. The number of hydrogen-bond donors (Lipinski definition) is 1. The second-order valence-electron chi connectivity index (χ2n) is 4.66. The first-order valence-corrected chi connectivity index (χ1v) is 6.70. The molecular formula is C17H18O4. The molecule has 21 heavy (non-hydrogen) atoms. The Labute approximate surface area is 123 Å². The highest BCUT2D eigenvalue weighted by atomic mass is 16.5. The zero-order valence-corrected chi connectivity index (χ0v) is 11.9. The summed E-state index contributed by atoms with van der Waals surface area (Å²) in [6, 6.07) is 17.2. The van der Waals surface area contributed by atoms with E-state index in [4.69, 9.17) is 4.74 Å². The van der Waals surface area contributed by atoms with Crippen molar-refractivity contribution in [2.45, 2.75) is 19.1 Å². The first kappa shape index (κ1) is 15.1. The number of ether oxygens (including phenoxy) is 2. The molecule has 4 nitrogen and oxygen atoms in total. The van der Waals surface area contributed by atoms with Gasteiger partial charge in [0.2, 0.25) is 0 Å². The third-order valence-electron chi connectivity index (χ3n) is 3.07.